The Labute approximate surface area is 108 Å². The van der Waals surface area contributed by atoms with E-state index in [-0.39, 0.29) is 23.4 Å². The molecule has 1 atom stereocenters. The van der Waals surface area contributed by atoms with Gasteiger partial charge in [-0.3, -0.25) is 14.9 Å². The Morgan fingerprint density at radius 1 is 1.53 bits per heavy atom. The molecule has 0 saturated heterocycles. The van der Waals surface area contributed by atoms with E-state index in [1.165, 1.54) is 12.1 Å². The van der Waals surface area contributed by atoms with E-state index in [2.05, 4.69) is 5.32 Å². The van der Waals surface area contributed by atoms with Crippen molar-refractivity contribution in [3.8, 4) is 0 Å². The van der Waals surface area contributed by atoms with Crippen molar-refractivity contribution in [2.75, 3.05) is 5.32 Å². The van der Waals surface area contributed by atoms with E-state index in [0.717, 1.165) is 6.07 Å². The van der Waals surface area contributed by atoms with E-state index in [0.29, 0.717) is 0 Å². The van der Waals surface area contributed by atoms with E-state index >= 15 is 0 Å². The summed E-state index contributed by atoms with van der Waals surface area (Å²) in [5, 5.41) is 22.2. The third-order valence-corrected chi connectivity index (χ3v) is 2.52. The van der Waals surface area contributed by atoms with Gasteiger partial charge in [0.25, 0.3) is 11.6 Å². The lowest BCUT2D eigenvalue weighted by Gasteiger charge is -2.15. The van der Waals surface area contributed by atoms with Crippen LogP contribution >= 0.6 is 0 Å². The molecular weight excluding hydrogens is 254 g/mol. The zero-order valence-corrected chi connectivity index (χ0v) is 10.1. The predicted molar refractivity (Wildman–Crippen MR) is 67.0 cm³/mol. The second-order valence-corrected chi connectivity index (χ2v) is 3.79. The zero-order chi connectivity index (χ0) is 14.6. The second-order valence-electron chi connectivity index (χ2n) is 3.79. The fraction of sp³-hybridized carbons (Fsp3) is 0.273. The average molecular weight is 267 g/mol. The van der Waals surface area contributed by atoms with Crippen molar-refractivity contribution in [3.63, 3.8) is 0 Å². The molecule has 1 aromatic rings. The first-order valence-electron chi connectivity index (χ1n) is 5.44. The molecule has 0 aliphatic carbocycles. The molecule has 0 saturated carbocycles. The zero-order valence-electron chi connectivity index (χ0n) is 10.1. The number of aliphatic carboxylic acids is 1. The molecule has 0 aliphatic rings. The first-order valence-corrected chi connectivity index (χ1v) is 5.44. The van der Waals surface area contributed by atoms with Crippen molar-refractivity contribution in [2.24, 2.45) is 5.73 Å². The number of carbonyl (C=O) groups is 2. The summed E-state index contributed by atoms with van der Waals surface area (Å²) in [5.74, 6) is -1.96. The van der Waals surface area contributed by atoms with Gasteiger partial charge < -0.3 is 16.2 Å². The van der Waals surface area contributed by atoms with Crippen LogP contribution in [0.25, 0.3) is 0 Å². The van der Waals surface area contributed by atoms with Crippen molar-refractivity contribution in [1.82, 2.24) is 0 Å². The molecule has 1 amide bonds. The number of primary amides is 1. The van der Waals surface area contributed by atoms with Gasteiger partial charge in [-0.25, -0.2) is 4.79 Å². The van der Waals surface area contributed by atoms with E-state index in [1.807, 2.05) is 0 Å². The summed E-state index contributed by atoms with van der Waals surface area (Å²) in [4.78, 5) is 32.1. The number of anilines is 1. The van der Waals surface area contributed by atoms with Gasteiger partial charge in [0.05, 0.1) is 10.5 Å². The van der Waals surface area contributed by atoms with Gasteiger partial charge in [0.2, 0.25) is 0 Å². The quantitative estimate of drug-likeness (QED) is 0.519. The molecule has 1 unspecified atom stereocenters. The Bertz CT molecular complexity index is 529. The summed E-state index contributed by atoms with van der Waals surface area (Å²) in [6, 6.07) is 2.55. The van der Waals surface area contributed by atoms with Crippen LogP contribution in [-0.4, -0.2) is 27.9 Å². The summed E-state index contributed by atoms with van der Waals surface area (Å²) < 4.78 is 0. The van der Waals surface area contributed by atoms with Gasteiger partial charge in [0.1, 0.15) is 6.04 Å². The number of carboxylic acids is 1. The highest BCUT2D eigenvalue weighted by Crippen LogP contribution is 2.22. The molecule has 4 N–H and O–H groups in total. The van der Waals surface area contributed by atoms with Crippen LogP contribution < -0.4 is 11.1 Å². The molecule has 8 heteroatoms. The third kappa shape index (κ3) is 3.41. The molecule has 0 spiro atoms. The Morgan fingerprint density at radius 2 is 2.16 bits per heavy atom. The number of nitrogens with two attached hydrogens (primary N) is 1. The van der Waals surface area contributed by atoms with E-state index in [4.69, 9.17) is 10.8 Å². The Hall–Kier alpha value is -2.64. The lowest BCUT2D eigenvalue weighted by Crippen LogP contribution is -2.29. The van der Waals surface area contributed by atoms with Gasteiger partial charge in [-0.05, 0) is 12.5 Å². The van der Waals surface area contributed by atoms with Crippen molar-refractivity contribution in [2.45, 2.75) is 19.4 Å². The van der Waals surface area contributed by atoms with Crippen LogP contribution in [0.2, 0.25) is 0 Å². The number of nitrogens with one attached hydrogen (secondary N) is 1. The van der Waals surface area contributed by atoms with Crippen LogP contribution in [0, 0.1) is 10.1 Å². The standard InChI is InChI=1S/C11H13N3O5/c1-2-8(11(16)17)13-9-4-3-6(14(18)19)5-7(9)10(12)15/h3-5,8,13H,2H2,1H3,(H2,12,15)(H,16,17). The lowest BCUT2D eigenvalue weighted by molar-refractivity contribution is -0.384. The number of benzene rings is 1. The predicted octanol–water partition coefficient (Wildman–Crippen LogP) is 0.969. The van der Waals surface area contributed by atoms with Gasteiger partial charge in [-0.15, -0.1) is 0 Å². The Morgan fingerprint density at radius 3 is 2.58 bits per heavy atom. The van der Waals surface area contributed by atoms with Crippen molar-refractivity contribution < 1.29 is 19.6 Å². The first-order chi connectivity index (χ1) is 8.86. The highest BCUT2D eigenvalue weighted by atomic mass is 16.6. The van der Waals surface area contributed by atoms with Crippen LogP contribution in [0.1, 0.15) is 23.7 Å². The van der Waals surface area contributed by atoms with Crippen LogP contribution in [0.15, 0.2) is 18.2 Å². The minimum Gasteiger partial charge on any atom is -0.480 e. The molecule has 1 rings (SSSR count). The highest BCUT2D eigenvalue weighted by Gasteiger charge is 2.19. The maximum Gasteiger partial charge on any atom is 0.326 e. The molecule has 0 bridgehead atoms. The number of carboxylic acid groups (broad SMARTS) is 1. The average Bonchev–Trinajstić information content (AvgIpc) is 2.35. The molecule has 1 aromatic carbocycles. The van der Waals surface area contributed by atoms with Crippen LogP contribution in [0.5, 0.6) is 0 Å². The lowest BCUT2D eigenvalue weighted by atomic mass is 10.1. The number of nitro benzene ring substituents is 1. The van der Waals surface area contributed by atoms with E-state index < -0.39 is 22.8 Å². The molecule has 0 aromatic heterocycles. The molecule has 19 heavy (non-hydrogen) atoms. The smallest absolute Gasteiger partial charge is 0.326 e. The largest absolute Gasteiger partial charge is 0.480 e. The summed E-state index contributed by atoms with van der Waals surface area (Å²) in [6.45, 7) is 1.65. The molecule has 0 aliphatic heterocycles. The molecule has 8 nitrogen and oxygen atoms in total. The van der Waals surface area contributed by atoms with Crippen molar-refractivity contribution in [1.29, 1.82) is 0 Å². The van der Waals surface area contributed by atoms with Gasteiger partial charge in [-0.2, -0.15) is 0 Å². The fourth-order valence-electron chi connectivity index (χ4n) is 1.50. The van der Waals surface area contributed by atoms with E-state index in [9.17, 15) is 19.7 Å². The molecule has 0 fully saturated rings. The minimum absolute atomic E-state index is 0.117. The second kappa shape index (κ2) is 5.80. The van der Waals surface area contributed by atoms with Crippen LogP contribution in [-0.2, 0) is 4.79 Å². The molecule has 102 valence electrons. The van der Waals surface area contributed by atoms with Crippen molar-refractivity contribution >= 4 is 23.3 Å². The maximum absolute atomic E-state index is 11.2. The molecule has 0 radical (unpaired) electrons. The van der Waals surface area contributed by atoms with Crippen LogP contribution in [0.4, 0.5) is 11.4 Å². The van der Waals surface area contributed by atoms with Gasteiger partial charge in [0.15, 0.2) is 0 Å². The van der Waals surface area contributed by atoms with Gasteiger partial charge in [-0.1, -0.05) is 6.92 Å². The summed E-state index contributed by atoms with van der Waals surface area (Å²) in [6.07, 6.45) is 0.282. The van der Waals surface area contributed by atoms with Gasteiger partial charge in [0, 0.05) is 17.8 Å². The molecule has 0 heterocycles. The van der Waals surface area contributed by atoms with Crippen LogP contribution in [0.3, 0.4) is 0 Å². The van der Waals surface area contributed by atoms with E-state index in [1.54, 1.807) is 6.92 Å². The Kier molecular flexibility index (Phi) is 4.41. The highest BCUT2D eigenvalue weighted by molar-refractivity contribution is 5.99. The number of nitro groups is 1. The van der Waals surface area contributed by atoms with Crippen molar-refractivity contribution in [3.05, 3.63) is 33.9 Å². The summed E-state index contributed by atoms with van der Waals surface area (Å²) >= 11 is 0. The number of carbonyl (C=O) groups excluding carboxylic acids is 1. The number of non-ortho nitro benzene ring substituents is 1. The number of hydrogen-bond donors (Lipinski definition) is 3. The number of nitrogens with zero attached hydrogens (tertiary/aromatic N) is 1. The van der Waals surface area contributed by atoms with Gasteiger partial charge >= 0.3 is 5.97 Å². The number of hydrogen-bond acceptors (Lipinski definition) is 5. The topological polar surface area (TPSA) is 136 Å². The fourth-order valence-corrected chi connectivity index (χ4v) is 1.50. The minimum atomic E-state index is -1.09. The third-order valence-electron chi connectivity index (χ3n) is 2.52. The summed E-state index contributed by atoms with van der Waals surface area (Å²) in [5.41, 5.74) is 4.88. The SMILES string of the molecule is CCC(Nc1ccc([N+](=O)[O-])cc1C(N)=O)C(=O)O. The Balaban J connectivity index is 3.16. The maximum atomic E-state index is 11.2. The number of rotatable bonds is 6. The monoisotopic (exact) mass is 267 g/mol. The summed E-state index contributed by atoms with van der Waals surface area (Å²) in [7, 11) is 0. The first kappa shape index (κ1) is 14.4. The number of amides is 1. The molecular formula is C11H13N3O5. The normalized spacial score (nSPS) is 11.6.